The first-order valence-corrected chi connectivity index (χ1v) is 5.96. The van der Waals surface area contributed by atoms with Crippen LogP contribution < -0.4 is 4.74 Å². The van der Waals surface area contributed by atoms with Crippen LogP contribution in [0.1, 0.15) is 18.7 Å². The summed E-state index contributed by atoms with van der Waals surface area (Å²) in [6.45, 7) is 0. The predicted octanol–water partition coefficient (Wildman–Crippen LogP) is 2.40. The smallest absolute Gasteiger partial charge is 0.258 e. The number of ether oxygens (including phenoxy) is 1. The van der Waals surface area contributed by atoms with E-state index in [0.29, 0.717) is 17.2 Å². The number of benzene rings is 1. The lowest BCUT2D eigenvalue weighted by Gasteiger charge is -2.03. The lowest BCUT2D eigenvalue weighted by molar-refractivity contribution is 0.373. The van der Waals surface area contributed by atoms with Crippen molar-refractivity contribution < 1.29 is 14.4 Å². The third-order valence-electron chi connectivity index (χ3n) is 3.06. The van der Waals surface area contributed by atoms with E-state index < -0.39 is 0 Å². The Kier molecular flexibility index (Phi) is 2.66. The summed E-state index contributed by atoms with van der Waals surface area (Å²) in [7, 11) is 1.51. The zero-order valence-electron chi connectivity index (χ0n) is 10.1. The van der Waals surface area contributed by atoms with Crippen molar-refractivity contribution in [3.63, 3.8) is 0 Å². The first-order chi connectivity index (χ1) is 8.76. The second kappa shape index (κ2) is 4.33. The number of phenols is 1. The fourth-order valence-electron chi connectivity index (χ4n) is 1.86. The predicted molar refractivity (Wildman–Crippen MR) is 64.4 cm³/mol. The Labute approximate surface area is 104 Å². The summed E-state index contributed by atoms with van der Waals surface area (Å²) in [5.74, 6) is 2.39. The number of hydrogen-bond donors (Lipinski definition) is 1. The molecule has 0 aliphatic heterocycles. The number of phenolic OH excluding ortho intramolecular Hbond substituents is 1. The van der Waals surface area contributed by atoms with Crippen LogP contribution in [0.25, 0.3) is 11.5 Å². The van der Waals surface area contributed by atoms with Gasteiger partial charge in [0.25, 0.3) is 5.89 Å². The Balaban J connectivity index is 1.84. The molecule has 2 aromatic rings. The fourth-order valence-corrected chi connectivity index (χ4v) is 1.86. The van der Waals surface area contributed by atoms with E-state index in [0.717, 1.165) is 18.2 Å². The Morgan fingerprint density at radius 3 is 2.94 bits per heavy atom. The van der Waals surface area contributed by atoms with Crippen LogP contribution in [0.3, 0.4) is 0 Å². The molecule has 1 fully saturated rings. The number of rotatable bonds is 4. The van der Waals surface area contributed by atoms with Crippen LogP contribution in [0.4, 0.5) is 0 Å². The van der Waals surface area contributed by atoms with E-state index in [4.69, 9.17) is 9.26 Å². The van der Waals surface area contributed by atoms with Gasteiger partial charge >= 0.3 is 0 Å². The zero-order valence-corrected chi connectivity index (χ0v) is 10.1. The summed E-state index contributed by atoms with van der Waals surface area (Å²) < 4.78 is 10.2. The lowest BCUT2D eigenvalue weighted by atomic mass is 10.2. The first-order valence-electron chi connectivity index (χ1n) is 5.96. The van der Waals surface area contributed by atoms with E-state index in [9.17, 15) is 5.11 Å². The van der Waals surface area contributed by atoms with Gasteiger partial charge in [-0.2, -0.15) is 4.98 Å². The van der Waals surface area contributed by atoms with E-state index in [1.807, 2.05) is 0 Å². The van der Waals surface area contributed by atoms with Crippen molar-refractivity contribution in [3.05, 3.63) is 24.0 Å². The standard InChI is InChI=1S/C13H14N2O3/c1-17-11-5-4-9(7-10(11)16)13-14-12(15-18-13)6-8-2-3-8/h4-5,7-8,16H,2-3,6H2,1H3. The highest BCUT2D eigenvalue weighted by molar-refractivity contribution is 5.59. The molecule has 18 heavy (non-hydrogen) atoms. The van der Waals surface area contributed by atoms with Gasteiger partial charge < -0.3 is 14.4 Å². The second-order valence-corrected chi connectivity index (χ2v) is 4.55. The van der Waals surface area contributed by atoms with E-state index in [2.05, 4.69) is 10.1 Å². The van der Waals surface area contributed by atoms with Crippen LogP contribution in [0, 0.1) is 5.92 Å². The van der Waals surface area contributed by atoms with Crippen molar-refractivity contribution in [2.45, 2.75) is 19.3 Å². The van der Waals surface area contributed by atoms with Crippen molar-refractivity contribution in [2.75, 3.05) is 7.11 Å². The summed E-state index contributed by atoms with van der Waals surface area (Å²) in [6, 6.07) is 5.02. The maximum atomic E-state index is 9.70. The molecule has 5 heteroatoms. The Morgan fingerprint density at radius 1 is 1.44 bits per heavy atom. The molecule has 0 atom stereocenters. The summed E-state index contributed by atoms with van der Waals surface area (Å²) in [5.41, 5.74) is 0.697. The summed E-state index contributed by atoms with van der Waals surface area (Å²) in [5, 5.41) is 13.6. The maximum absolute atomic E-state index is 9.70. The van der Waals surface area contributed by atoms with E-state index >= 15 is 0 Å². The minimum atomic E-state index is 0.0666. The van der Waals surface area contributed by atoms with Gasteiger partial charge in [0, 0.05) is 12.0 Å². The van der Waals surface area contributed by atoms with Crippen LogP contribution in [-0.2, 0) is 6.42 Å². The number of aromatic nitrogens is 2. The maximum Gasteiger partial charge on any atom is 0.258 e. The van der Waals surface area contributed by atoms with Crippen molar-refractivity contribution >= 4 is 0 Å². The van der Waals surface area contributed by atoms with Gasteiger partial charge in [-0.05, 0) is 37.0 Å². The molecule has 1 aromatic heterocycles. The molecule has 3 rings (SSSR count). The molecule has 1 saturated carbocycles. The number of aromatic hydroxyl groups is 1. The molecule has 1 aliphatic carbocycles. The van der Waals surface area contributed by atoms with Gasteiger partial charge in [-0.1, -0.05) is 5.16 Å². The molecule has 0 bridgehead atoms. The highest BCUT2D eigenvalue weighted by Crippen LogP contribution is 2.33. The quantitative estimate of drug-likeness (QED) is 0.897. The van der Waals surface area contributed by atoms with Gasteiger partial charge in [0.05, 0.1) is 7.11 Å². The van der Waals surface area contributed by atoms with Gasteiger partial charge in [0.15, 0.2) is 17.3 Å². The average molecular weight is 246 g/mol. The molecule has 0 radical (unpaired) electrons. The third-order valence-corrected chi connectivity index (χ3v) is 3.06. The molecule has 1 N–H and O–H groups in total. The fraction of sp³-hybridized carbons (Fsp3) is 0.385. The van der Waals surface area contributed by atoms with Crippen molar-refractivity contribution in [3.8, 4) is 23.0 Å². The molecular weight excluding hydrogens is 232 g/mol. The molecule has 94 valence electrons. The van der Waals surface area contributed by atoms with Crippen LogP contribution in [-0.4, -0.2) is 22.4 Å². The largest absolute Gasteiger partial charge is 0.504 e. The van der Waals surface area contributed by atoms with Crippen molar-refractivity contribution in [1.29, 1.82) is 0 Å². The molecule has 5 nitrogen and oxygen atoms in total. The molecule has 1 heterocycles. The van der Waals surface area contributed by atoms with Crippen LogP contribution >= 0.6 is 0 Å². The van der Waals surface area contributed by atoms with E-state index in [-0.39, 0.29) is 5.75 Å². The highest BCUT2D eigenvalue weighted by Gasteiger charge is 2.24. The van der Waals surface area contributed by atoms with Crippen LogP contribution in [0.2, 0.25) is 0 Å². The third kappa shape index (κ3) is 2.16. The first kappa shape index (κ1) is 11.1. The van der Waals surface area contributed by atoms with E-state index in [1.165, 1.54) is 20.0 Å². The van der Waals surface area contributed by atoms with Crippen molar-refractivity contribution in [2.24, 2.45) is 5.92 Å². The molecule has 0 saturated heterocycles. The lowest BCUT2D eigenvalue weighted by Crippen LogP contribution is -1.89. The number of methoxy groups -OCH3 is 1. The highest BCUT2D eigenvalue weighted by atomic mass is 16.5. The number of hydrogen-bond acceptors (Lipinski definition) is 5. The monoisotopic (exact) mass is 246 g/mol. The van der Waals surface area contributed by atoms with Crippen molar-refractivity contribution in [1.82, 2.24) is 10.1 Å². The number of nitrogens with zero attached hydrogens (tertiary/aromatic N) is 2. The minimum Gasteiger partial charge on any atom is -0.504 e. The van der Waals surface area contributed by atoms with E-state index in [1.54, 1.807) is 18.2 Å². The Bertz CT molecular complexity index is 561. The molecule has 1 aromatic carbocycles. The molecule has 0 unspecified atom stereocenters. The topological polar surface area (TPSA) is 68.4 Å². The summed E-state index contributed by atoms with van der Waals surface area (Å²) in [6.07, 6.45) is 3.39. The molecule has 0 spiro atoms. The Morgan fingerprint density at radius 2 is 2.28 bits per heavy atom. The molecule has 1 aliphatic rings. The summed E-state index contributed by atoms with van der Waals surface area (Å²) >= 11 is 0. The second-order valence-electron chi connectivity index (χ2n) is 4.55. The normalized spacial score (nSPS) is 14.7. The van der Waals surface area contributed by atoms with Crippen LogP contribution in [0.15, 0.2) is 22.7 Å². The summed E-state index contributed by atoms with van der Waals surface area (Å²) in [4.78, 5) is 4.33. The van der Waals surface area contributed by atoms with Gasteiger partial charge in [-0.15, -0.1) is 0 Å². The molecular formula is C13H14N2O3. The minimum absolute atomic E-state index is 0.0666. The molecule has 0 amide bonds. The van der Waals surface area contributed by atoms with Gasteiger partial charge in [0.1, 0.15) is 0 Å². The van der Waals surface area contributed by atoms with Gasteiger partial charge in [0.2, 0.25) is 0 Å². The van der Waals surface area contributed by atoms with Crippen LogP contribution in [0.5, 0.6) is 11.5 Å². The SMILES string of the molecule is COc1ccc(-c2nc(CC3CC3)no2)cc1O. The van der Waals surface area contributed by atoms with Gasteiger partial charge in [-0.25, -0.2) is 0 Å². The zero-order chi connectivity index (χ0) is 12.5. The average Bonchev–Trinajstić information content (AvgIpc) is 3.05. The Hall–Kier alpha value is -2.04. The van der Waals surface area contributed by atoms with Gasteiger partial charge in [-0.3, -0.25) is 0 Å².